The van der Waals surface area contributed by atoms with Gasteiger partial charge in [0.25, 0.3) is 0 Å². The average molecular weight is 292 g/mol. The number of phenolic OH excluding ortho intramolecular Hbond substituents is 1. The number of hydrogen-bond donors (Lipinski definition) is 4. The number of ether oxygens (including phenoxy) is 2. The molecule has 6 heteroatoms. The summed E-state index contributed by atoms with van der Waals surface area (Å²) >= 11 is 0. The summed E-state index contributed by atoms with van der Waals surface area (Å²) in [6.45, 7) is -0.114. The van der Waals surface area contributed by atoms with Gasteiger partial charge in [-0.15, -0.1) is 0 Å². The van der Waals surface area contributed by atoms with Crippen LogP contribution in [0.25, 0.3) is 10.8 Å². The fourth-order valence-electron chi connectivity index (χ4n) is 2.30. The van der Waals surface area contributed by atoms with Crippen molar-refractivity contribution in [3.63, 3.8) is 0 Å². The minimum absolute atomic E-state index is 0.114. The highest BCUT2D eigenvalue weighted by atomic mass is 16.7. The second kappa shape index (κ2) is 5.50. The molecule has 112 valence electrons. The van der Waals surface area contributed by atoms with E-state index in [0.717, 1.165) is 10.8 Å². The van der Waals surface area contributed by atoms with Crippen LogP contribution in [0.15, 0.2) is 36.4 Å². The molecule has 0 bridgehead atoms. The van der Waals surface area contributed by atoms with Crippen molar-refractivity contribution in [1.82, 2.24) is 0 Å². The van der Waals surface area contributed by atoms with Crippen molar-refractivity contribution < 1.29 is 29.9 Å². The van der Waals surface area contributed by atoms with Crippen molar-refractivity contribution >= 4 is 10.8 Å². The molecule has 21 heavy (non-hydrogen) atoms. The fourth-order valence-corrected chi connectivity index (χ4v) is 2.30. The van der Waals surface area contributed by atoms with Gasteiger partial charge in [0.1, 0.15) is 29.8 Å². The Hall–Kier alpha value is -1.86. The molecule has 6 nitrogen and oxygen atoms in total. The lowest BCUT2D eigenvalue weighted by Gasteiger charge is -2.34. The van der Waals surface area contributed by atoms with Gasteiger partial charge < -0.3 is 29.9 Å². The second-order valence-corrected chi connectivity index (χ2v) is 5.06. The van der Waals surface area contributed by atoms with E-state index in [2.05, 4.69) is 0 Å². The van der Waals surface area contributed by atoms with E-state index in [-0.39, 0.29) is 12.4 Å². The molecule has 2 aromatic carbocycles. The molecule has 3 rings (SSSR count). The van der Waals surface area contributed by atoms with Crippen molar-refractivity contribution in [1.29, 1.82) is 0 Å². The molecular formula is C15H16O6. The zero-order chi connectivity index (χ0) is 15.0. The molecule has 1 saturated heterocycles. The number of aliphatic hydroxyl groups is 3. The first-order valence-corrected chi connectivity index (χ1v) is 6.60. The van der Waals surface area contributed by atoms with E-state index in [4.69, 9.17) is 9.47 Å². The van der Waals surface area contributed by atoms with Gasteiger partial charge in [0.2, 0.25) is 6.29 Å². The summed E-state index contributed by atoms with van der Waals surface area (Å²) in [7, 11) is 0. The predicted molar refractivity (Wildman–Crippen MR) is 74.0 cm³/mol. The predicted octanol–water partition coefficient (Wildman–Crippen LogP) is 0.363. The van der Waals surface area contributed by atoms with Gasteiger partial charge >= 0.3 is 0 Å². The van der Waals surface area contributed by atoms with Crippen LogP contribution in [0.1, 0.15) is 0 Å². The highest BCUT2D eigenvalue weighted by molar-refractivity contribution is 5.85. The first-order valence-electron chi connectivity index (χ1n) is 6.60. The van der Waals surface area contributed by atoms with Gasteiger partial charge in [0, 0.05) is 0 Å². The second-order valence-electron chi connectivity index (χ2n) is 5.06. The van der Waals surface area contributed by atoms with Crippen molar-refractivity contribution in [3.05, 3.63) is 36.4 Å². The molecule has 4 N–H and O–H groups in total. The highest BCUT2D eigenvalue weighted by Gasteiger charge is 2.38. The van der Waals surface area contributed by atoms with Gasteiger partial charge in [-0.25, -0.2) is 0 Å². The summed E-state index contributed by atoms with van der Waals surface area (Å²) in [6, 6.07) is 10.2. The van der Waals surface area contributed by atoms with Crippen LogP contribution in [-0.2, 0) is 4.74 Å². The monoisotopic (exact) mass is 292 g/mol. The standard InChI is InChI=1S/C15H16O6/c16-10-3-1-8-2-4-11(6-9(8)5-10)21-15-14(19)13(18)12(17)7-20-15/h1-6,12-19H,7H2/t12-,13+,14-,15+/m1/s1. The summed E-state index contributed by atoms with van der Waals surface area (Å²) in [6.07, 6.45) is -4.84. The minimum Gasteiger partial charge on any atom is -0.508 e. The Labute approximate surface area is 120 Å². The van der Waals surface area contributed by atoms with Crippen molar-refractivity contribution in [2.75, 3.05) is 6.61 Å². The van der Waals surface area contributed by atoms with Crippen LogP contribution in [0.3, 0.4) is 0 Å². The first kappa shape index (κ1) is 14.1. The molecule has 1 fully saturated rings. The Morgan fingerprint density at radius 3 is 2.52 bits per heavy atom. The van der Waals surface area contributed by atoms with Gasteiger partial charge in [-0.2, -0.15) is 0 Å². The SMILES string of the molecule is Oc1ccc2ccc(O[C@@H]3OC[C@@H](O)[C@H](O)[C@H]3O)cc2c1. The quantitative estimate of drug-likeness (QED) is 0.638. The Morgan fingerprint density at radius 2 is 1.71 bits per heavy atom. The zero-order valence-corrected chi connectivity index (χ0v) is 11.1. The molecule has 0 aromatic heterocycles. The molecule has 0 aliphatic carbocycles. The van der Waals surface area contributed by atoms with E-state index in [9.17, 15) is 20.4 Å². The Kier molecular flexibility index (Phi) is 3.69. The third-order valence-corrected chi connectivity index (χ3v) is 3.50. The van der Waals surface area contributed by atoms with Crippen LogP contribution in [0, 0.1) is 0 Å². The number of hydrogen-bond acceptors (Lipinski definition) is 6. The van der Waals surface area contributed by atoms with E-state index in [1.165, 1.54) is 0 Å². The Bertz CT molecular complexity index is 643. The summed E-state index contributed by atoms with van der Waals surface area (Å²) in [5.41, 5.74) is 0. The first-order chi connectivity index (χ1) is 10.0. The normalized spacial score (nSPS) is 29.5. The maximum absolute atomic E-state index is 9.83. The van der Waals surface area contributed by atoms with Crippen LogP contribution >= 0.6 is 0 Å². The van der Waals surface area contributed by atoms with Crippen molar-refractivity contribution in [2.24, 2.45) is 0 Å². The molecule has 0 amide bonds. The van der Waals surface area contributed by atoms with Crippen LogP contribution in [0.5, 0.6) is 11.5 Å². The maximum atomic E-state index is 9.83. The highest BCUT2D eigenvalue weighted by Crippen LogP contribution is 2.26. The smallest absolute Gasteiger partial charge is 0.228 e. The number of fused-ring (bicyclic) bond motifs is 1. The topological polar surface area (TPSA) is 99.4 Å². The average Bonchev–Trinajstić information content (AvgIpc) is 2.47. The third-order valence-electron chi connectivity index (χ3n) is 3.50. The van der Waals surface area contributed by atoms with Gasteiger partial charge in [-0.05, 0) is 35.0 Å². The van der Waals surface area contributed by atoms with Gasteiger partial charge in [0.05, 0.1) is 6.61 Å². The Morgan fingerprint density at radius 1 is 0.952 bits per heavy atom. The van der Waals surface area contributed by atoms with Crippen LogP contribution in [0.2, 0.25) is 0 Å². The molecule has 0 radical (unpaired) electrons. The van der Waals surface area contributed by atoms with Gasteiger partial charge in [0.15, 0.2) is 0 Å². The van der Waals surface area contributed by atoms with Gasteiger partial charge in [-0.3, -0.25) is 0 Å². The van der Waals surface area contributed by atoms with Gasteiger partial charge in [-0.1, -0.05) is 12.1 Å². The van der Waals surface area contributed by atoms with E-state index < -0.39 is 24.6 Å². The number of aliphatic hydroxyl groups excluding tert-OH is 3. The molecule has 1 aliphatic heterocycles. The van der Waals surface area contributed by atoms with E-state index in [0.29, 0.717) is 5.75 Å². The lowest BCUT2D eigenvalue weighted by Crippen LogP contribution is -2.54. The van der Waals surface area contributed by atoms with E-state index >= 15 is 0 Å². The summed E-state index contributed by atoms with van der Waals surface area (Å²) in [5.74, 6) is 0.577. The van der Waals surface area contributed by atoms with Crippen LogP contribution in [-0.4, -0.2) is 51.6 Å². The number of rotatable bonds is 2. The van der Waals surface area contributed by atoms with Crippen LogP contribution < -0.4 is 4.74 Å². The molecule has 1 heterocycles. The number of aromatic hydroxyl groups is 1. The lowest BCUT2D eigenvalue weighted by molar-refractivity contribution is -0.242. The van der Waals surface area contributed by atoms with E-state index in [1.54, 1.807) is 30.3 Å². The molecule has 0 saturated carbocycles. The summed E-state index contributed by atoms with van der Waals surface area (Å²) in [4.78, 5) is 0. The molecule has 4 atom stereocenters. The number of phenols is 1. The third kappa shape index (κ3) is 2.79. The summed E-state index contributed by atoms with van der Waals surface area (Å²) in [5, 5.41) is 40.0. The molecular weight excluding hydrogens is 276 g/mol. The lowest BCUT2D eigenvalue weighted by atomic mass is 10.1. The van der Waals surface area contributed by atoms with Crippen molar-refractivity contribution in [2.45, 2.75) is 24.6 Å². The van der Waals surface area contributed by atoms with Crippen molar-refractivity contribution in [3.8, 4) is 11.5 Å². The fraction of sp³-hybridized carbons (Fsp3) is 0.333. The molecule has 1 aliphatic rings. The maximum Gasteiger partial charge on any atom is 0.228 e. The molecule has 0 unspecified atom stereocenters. The summed E-state index contributed by atoms with van der Waals surface area (Å²) < 4.78 is 10.7. The molecule has 2 aromatic rings. The molecule has 0 spiro atoms. The minimum atomic E-state index is -1.34. The van der Waals surface area contributed by atoms with Crippen LogP contribution in [0.4, 0.5) is 0 Å². The van der Waals surface area contributed by atoms with E-state index in [1.807, 2.05) is 6.07 Å². The Balaban J connectivity index is 1.81. The number of benzene rings is 2. The zero-order valence-electron chi connectivity index (χ0n) is 11.1. The largest absolute Gasteiger partial charge is 0.508 e.